The Morgan fingerprint density at radius 2 is 1.23 bits per heavy atom. The van der Waals surface area contributed by atoms with E-state index < -0.39 is 48.1 Å². The van der Waals surface area contributed by atoms with Gasteiger partial charge in [-0.25, -0.2) is 14.4 Å². The molecule has 4 bridgehead atoms. The average molecular weight is 813 g/mol. The zero-order chi connectivity index (χ0) is 42.3. The number of fused-ring (bicyclic) bond motifs is 5. The molecule has 0 fully saturated rings. The number of carboxylic acid groups (broad SMARTS) is 1. The lowest BCUT2D eigenvalue weighted by Crippen LogP contribution is -2.56. The Morgan fingerprint density at radius 1 is 0.667 bits per heavy atom. The number of aryl methyl sites for hydroxylation is 1. The van der Waals surface area contributed by atoms with E-state index >= 15 is 0 Å². The van der Waals surface area contributed by atoms with Crippen LogP contribution in [0.3, 0.4) is 0 Å². The summed E-state index contributed by atoms with van der Waals surface area (Å²) >= 11 is 0. The van der Waals surface area contributed by atoms with Crippen molar-refractivity contribution >= 4 is 30.0 Å². The predicted molar refractivity (Wildman–Crippen MR) is 224 cm³/mol. The smallest absolute Gasteiger partial charge is 0.408 e. The van der Waals surface area contributed by atoms with Crippen LogP contribution in [0.1, 0.15) is 46.2 Å². The number of rotatable bonds is 13. The molecule has 0 aromatic heterocycles. The van der Waals surface area contributed by atoms with Crippen molar-refractivity contribution in [3.63, 3.8) is 0 Å². The van der Waals surface area contributed by atoms with E-state index in [0.717, 1.165) is 33.4 Å². The van der Waals surface area contributed by atoms with Gasteiger partial charge in [0.25, 0.3) is 0 Å². The van der Waals surface area contributed by atoms with Gasteiger partial charge in [0.1, 0.15) is 43.7 Å². The van der Waals surface area contributed by atoms with Crippen molar-refractivity contribution in [2.45, 2.75) is 70.6 Å². The van der Waals surface area contributed by atoms with Gasteiger partial charge in [0.15, 0.2) is 0 Å². The van der Waals surface area contributed by atoms with E-state index in [1.807, 2.05) is 116 Å². The minimum Gasteiger partial charge on any atom is -0.489 e. The van der Waals surface area contributed by atoms with E-state index in [1.54, 1.807) is 18.2 Å². The summed E-state index contributed by atoms with van der Waals surface area (Å²) in [5.74, 6) is -2.25. The highest BCUT2D eigenvalue weighted by Gasteiger charge is 2.31. The summed E-state index contributed by atoms with van der Waals surface area (Å²) in [7, 11) is 0. The van der Waals surface area contributed by atoms with Crippen LogP contribution >= 0.6 is 0 Å². The third-order valence-electron chi connectivity index (χ3n) is 10.0. The minimum absolute atomic E-state index is 0.00346. The Balaban J connectivity index is 1.29. The van der Waals surface area contributed by atoms with E-state index in [0.29, 0.717) is 16.9 Å². The fourth-order valence-electron chi connectivity index (χ4n) is 6.71. The molecular weight excluding hydrogens is 765 g/mol. The summed E-state index contributed by atoms with van der Waals surface area (Å²) in [6.07, 6.45) is -1.42. The first kappa shape index (κ1) is 42.5. The molecule has 0 spiro atoms. The number of alkyl carbamates (subject to hydrolysis) is 2. The van der Waals surface area contributed by atoms with Gasteiger partial charge >= 0.3 is 18.2 Å². The highest BCUT2D eigenvalue weighted by molar-refractivity contribution is 5.93. The molecule has 1 aliphatic rings. The summed E-state index contributed by atoms with van der Waals surface area (Å²) in [5, 5.41) is 21.0. The SMILES string of the molecule is Cc1ccc2cc1C[C@@H](C(=O)O)NC(=O)[C@H](CCCNC(=O)OCc1ccccc1)NC(=O)C(NC(=O)OCc1ccccc1)Cc1cc-2ccc1OCc1ccccc1. The molecule has 5 aromatic carbocycles. The molecule has 5 aromatic rings. The molecule has 1 heterocycles. The standard InChI is InChI=1S/C47H48N4O9/c1-31-19-20-35-24-37(31)26-41(45(54)55)50-43(52)39(18-11-23-48-46(56)59-29-33-14-7-3-8-15-33)49-44(53)40(51-47(57)60-30-34-16-9-4-10-17-34)27-38-25-36(35)21-22-42(38)58-28-32-12-5-2-6-13-32/h2-10,12-17,19-22,24-25,39-41H,11,18,23,26-30H2,1H3,(H,48,56)(H,49,53)(H,50,52)(H,51,57)(H,54,55)/t39-,40?,41-/m0/s1. The number of ether oxygens (including phenoxy) is 3. The van der Waals surface area contributed by atoms with E-state index in [2.05, 4.69) is 21.3 Å². The first-order valence-corrected chi connectivity index (χ1v) is 19.8. The molecule has 13 heteroatoms. The van der Waals surface area contributed by atoms with E-state index in [4.69, 9.17) is 14.2 Å². The second kappa shape index (κ2) is 21.0. The quantitative estimate of drug-likeness (QED) is 0.0842. The van der Waals surface area contributed by atoms with E-state index in [-0.39, 0.29) is 52.0 Å². The van der Waals surface area contributed by atoms with Crippen molar-refractivity contribution in [1.29, 1.82) is 0 Å². The van der Waals surface area contributed by atoms with Crippen molar-refractivity contribution in [3.8, 4) is 16.9 Å². The molecule has 5 N–H and O–H groups in total. The van der Waals surface area contributed by atoms with Crippen molar-refractivity contribution in [1.82, 2.24) is 21.3 Å². The lowest BCUT2D eigenvalue weighted by molar-refractivity contribution is -0.142. The van der Waals surface area contributed by atoms with Crippen molar-refractivity contribution < 1.29 is 43.3 Å². The molecule has 60 heavy (non-hydrogen) atoms. The minimum atomic E-state index is -1.34. The zero-order valence-corrected chi connectivity index (χ0v) is 33.2. The lowest BCUT2D eigenvalue weighted by atomic mass is 9.93. The van der Waals surface area contributed by atoms with Gasteiger partial charge in [-0.05, 0) is 76.4 Å². The summed E-state index contributed by atoms with van der Waals surface area (Å²) < 4.78 is 17.1. The molecule has 3 atom stereocenters. The normalized spacial score (nSPS) is 16.4. The van der Waals surface area contributed by atoms with Crippen molar-refractivity contribution in [2.75, 3.05) is 6.54 Å². The number of carbonyl (C=O) groups excluding carboxylic acids is 4. The third kappa shape index (κ3) is 12.4. The van der Waals surface area contributed by atoms with Crippen LogP contribution in [0.4, 0.5) is 9.59 Å². The Hall–Kier alpha value is -7.15. The number of amides is 4. The Morgan fingerprint density at radius 3 is 1.85 bits per heavy atom. The molecule has 6 rings (SSSR count). The van der Waals surface area contributed by atoms with Crippen molar-refractivity contribution in [3.05, 3.63) is 161 Å². The largest absolute Gasteiger partial charge is 0.489 e. The highest BCUT2D eigenvalue weighted by atomic mass is 16.6. The van der Waals surface area contributed by atoms with Gasteiger partial charge in [0.2, 0.25) is 11.8 Å². The van der Waals surface area contributed by atoms with Crippen molar-refractivity contribution in [2.24, 2.45) is 0 Å². The van der Waals surface area contributed by atoms with Crippen LogP contribution in [0, 0.1) is 6.92 Å². The molecule has 1 aliphatic heterocycles. The zero-order valence-electron chi connectivity index (χ0n) is 33.2. The molecule has 0 aliphatic carbocycles. The first-order chi connectivity index (χ1) is 29.1. The Labute approximate surface area is 348 Å². The second-order valence-electron chi connectivity index (χ2n) is 14.5. The van der Waals surface area contributed by atoms with Gasteiger partial charge in [-0.1, -0.05) is 115 Å². The number of carboxylic acids is 1. The summed E-state index contributed by atoms with van der Waals surface area (Å²) in [6, 6.07) is 35.2. The lowest BCUT2D eigenvalue weighted by Gasteiger charge is -2.25. The molecule has 310 valence electrons. The predicted octanol–water partition coefficient (Wildman–Crippen LogP) is 6.40. The number of carbonyl (C=O) groups is 5. The maximum Gasteiger partial charge on any atom is 0.408 e. The summed E-state index contributed by atoms with van der Waals surface area (Å²) in [6.45, 7) is 2.20. The van der Waals surface area contributed by atoms with Crippen LogP contribution in [0.15, 0.2) is 127 Å². The number of hydrogen-bond donors (Lipinski definition) is 5. The summed E-state index contributed by atoms with van der Waals surface area (Å²) in [5.41, 5.74) is 6.15. The van der Waals surface area contributed by atoms with Gasteiger partial charge in [0.05, 0.1) is 0 Å². The number of aliphatic carboxylic acids is 1. The Bertz CT molecular complexity index is 2250. The molecule has 0 saturated heterocycles. The van der Waals surface area contributed by atoms with Gasteiger partial charge < -0.3 is 40.6 Å². The number of hydrogen-bond acceptors (Lipinski definition) is 8. The second-order valence-corrected chi connectivity index (χ2v) is 14.5. The van der Waals surface area contributed by atoms with Crippen LogP contribution in [0.2, 0.25) is 0 Å². The van der Waals surface area contributed by atoms with Crippen LogP contribution in [0.5, 0.6) is 5.75 Å². The monoisotopic (exact) mass is 812 g/mol. The van der Waals surface area contributed by atoms with E-state index in [1.165, 1.54) is 0 Å². The van der Waals surface area contributed by atoms with Gasteiger partial charge in [0, 0.05) is 19.4 Å². The molecular formula is C47H48N4O9. The van der Waals surface area contributed by atoms with Crippen LogP contribution in [-0.2, 0) is 56.5 Å². The van der Waals surface area contributed by atoms with Crippen LogP contribution in [-0.4, -0.2) is 59.7 Å². The van der Waals surface area contributed by atoms with Gasteiger partial charge in [-0.15, -0.1) is 0 Å². The maximum absolute atomic E-state index is 14.4. The Kier molecular flexibility index (Phi) is 14.9. The van der Waals surface area contributed by atoms with Gasteiger partial charge in [-0.2, -0.15) is 0 Å². The summed E-state index contributed by atoms with van der Waals surface area (Å²) in [4.78, 5) is 66.8. The topological polar surface area (TPSA) is 181 Å². The molecule has 13 nitrogen and oxygen atoms in total. The fraction of sp³-hybridized carbons (Fsp3) is 0.255. The third-order valence-corrected chi connectivity index (χ3v) is 10.0. The van der Waals surface area contributed by atoms with E-state index in [9.17, 15) is 29.1 Å². The fourth-order valence-corrected chi connectivity index (χ4v) is 6.71. The van der Waals surface area contributed by atoms with Gasteiger partial charge in [-0.3, -0.25) is 9.59 Å². The number of nitrogens with one attached hydrogen (secondary N) is 4. The maximum atomic E-state index is 14.4. The molecule has 0 radical (unpaired) electrons. The average Bonchev–Trinajstić information content (AvgIpc) is 3.26. The molecule has 1 unspecified atom stereocenters. The first-order valence-electron chi connectivity index (χ1n) is 19.8. The highest BCUT2D eigenvalue weighted by Crippen LogP contribution is 2.30. The molecule has 0 saturated carbocycles. The number of benzene rings is 5. The van der Waals surface area contributed by atoms with Crippen LogP contribution in [0.25, 0.3) is 11.1 Å². The van der Waals surface area contributed by atoms with Crippen LogP contribution < -0.4 is 26.0 Å². The molecule has 4 amide bonds.